The number of carbonyl (C=O) groups excluding carboxylic acids is 1. The molecule has 7 nitrogen and oxygen atoms in total. The van der Waals surface area contributed by atoms with Crippen LogP contribution in [0.5, 0.6) is 5.75 Å². The Morgan fingerprint density at radius 3 is 2.69 bits per heavy atom. The molecule has 3 N–H and O–H groups in total. The van der Waals surface area contributed by atoms with Crippen molar-refractivity contribution in [1.82, 2.24) is 4.72 Å². The molecule has 2 aromatic rings. The number of rotatable bonds is 6. The van der Waals surface area contributed by atoms with Crippen LogP contribution in [-0.4, -0.2) is 39.4 Å². The smallest absolute Gasteiger partial charge is 0.262 e. The molecule has 0 bridgehead atoms. The number of benzene rings is 2. The van der Waals surface area contributed by atoms with Gasteiger partial charge in [0.05, 0.1) is 11.9 Å². The van der Waals surface area contributed by atoms with Gasteiger partial charge in [0.2, 0.25) is 10.0 Å². The van der Waals surface area contributed by atoms with Crippen LogP contribution < -0.4 is 14.8 Å². The zero-order valence-corrected chi connectivity index (χ0v) is 15.0. The zero-order chi connectivity index (χ0) is 18.7. The lowest BCUT2D eigenvalue weighted by Gasteiger charge is -2.22. The Hall–Kier alpha value is -2.71. The van der Waals surface area contributed by atoms with Crippen LogP contribution in [0.2, 0.25) is 0 Å². The van der Waals surface area contributed by atoms with Crippen molar-refractivity contribution < 1.29 is 17.9 Å². The first-order chi connectivity index (χ1) is 12.3. The summed E-state index contributed by atoms with van der Waals surface area (Å²) < 4.78 is 30.8. The van der Waals surface area contributed by atoms with Gasteiger partial charge in [-0.2, -0.15) is 0 Å². The molecule has 26 heavy (non-hydrogen) atoms. The maximum absolute atomic E-state index is 11.5. The number of anilines is 1. The second-order valence-electron chi connectivity index (χ2n) is 6.05. The Morgan fingerprint density at radius 1 is 1.27 bits per heavy atom. The lowest BCUT2D eigenvalue weighted by Crippen LogP contribution is -2.31. The number of fused-ring (bicyclic) bond motifs is 1. The largest absolute Gasteiger partial charge is 0.482 e. The Morgan fingerprint density at radius 2 is 2.00 bits per heavy atom. The molecule has 3 rings (SSSR count). The summed E-state index contributed by atoms with van der Waals surface area (Å²) in [7, 11) is -3.39. The minimum absolute atomic E-state index is 0.0330. The third kappa shape index (κ3) is 4.27. The van der Waals surface area contributed by atoms with Crippen molar-refractivity contribution >= 4 is 27.3 Å². The molecule has 136 valence electrons. The average molecular weight is 373 g/mol. The van der Waals surface area contributed by atoms with Gasteiger partial charge < -0.3 is 15.5 Å². The van der Waals surface area contributed by atoms with Crippen molar-refractivity contribution in [2.24, 2.45) is 0 Å². The molecule has 0 spiro atoms. The number of amides is 1. The van der Waals surface area contributed by atoms with Crippen LogP contribution in [0.25, 0.3) is 0 Å². The van der Waals surface area contributed by atoms with Crippen LogP contribution in [0.4, 0.5) is 5.69 Å². The van der Waals surface area contributed by atoms with Gasteiger partial charge in [-0.3, -0.25) is 4.79 Å². The SMILES string of the molecule is CS(=O)(=O)NCC(C(=N)c1ccc2c(c1)NC(=O)CO2)c1ccccc1. The molecule has 2 aromatic carbocycles. The van der Waals surface area contributed by atoms with E-state index in [0.717, 1.165) is 11.8 Å². The fourth-order valence-electron chi connectivity index (χ4n) is 2.76. The van der Waals surface area contributed by atoms with Gasteiger partial charge in [-0.15, -0.1) is 0 Å². The van der Waals surface area contributed by atoms with Gasteiger partial charge in [0.15, 0.2) is 6.61 Å². The molecular weight excluding hydrogens is 354 g/mol. The number of hydrogen-bond donors (Lipinski definition) is 3. The lowest BCUT2D eigenvalue weighted by molar-refractivity contribution is -0.118. The molecule has 0 radical (unpaired) electrons. The Bertz CT molecular complexity index is 942. The zero-order valence-electron chi connectivity index (χ0n) is 14.2. The van der Waals surface area contributed by atoms with Gasteiger partial charge in [0.25, 0.3) is 5.91 Å². The quantitative estimate of drug-likeness (QED) is 0.670. The minimum Gasteiger partial charge on any atom is -0.482 e. The van der Waals surface area contributed by atoms with Gasteiger partial charge in [0, 0.05) is 18.2 Å². The summed E-state index contributed by atoms with van der Waals surface area (Å²) >= 11 is 0. The molecular formula is C18H19N3O4S. The van der Waals surface area contributed by atoms with Crippen LogP contribution in [-0.2, 0) is 14.8 Å². The number of ether oxygens (including phenoxy) is 1. The molecule has 1 atom stereocenters. The van der Waals surface area contributed by atoms with Crippen molar-refractivity contribution in [1.29, 1.82) is 5.41 Å². The van der Waals surface area contributed by atoms with Gasteiger partial charge in [-0.05, 0) is 29.3 Å². The standard InChI is InChI=1S/C18H19N3O4S/c1-26(23,24)20-10-14(12-5-3-2-4-6-12)18(19)13-7-8-16-15(9-13)21-17(22)11-25-16/h2-9,14,19-20H,10-11H2,1H3,(H,21,22). The van der Waals surface area contributed by atoms with Gasteiger partial charge in [-0.1, -0.05) is 30.3 Å². The summed E-state index contributed by atoms with van der Waals surface area (Å²) in [6.45, 7) is 0.0380. The second-order valence-corrected chi connectivity index (χ2v) is 7.88. The maximum atomic E-state index is 11.5. The average Bonchev–Trinajstić information content (AvgIpc) is 2.61. The number of hydrogen-bond acceptors (Lipinski definition) is 5. The van der Waals surface area contributed by atoms with Gasteiger partial charge >= 0.3 is 0 Å². The fraction of sp³-hybridized carbons (Fsp3) is 0.222. The van der Waals surface area contributed by atoms with Gasteiger partial charge in [-0.25, -0.2) is 13.1 Å². The van der Waals surface area contributed by atoms with Crippen molar-refractivity contribution in [3.63, 3.8) is 0 Å². The summed E-state index contributed by atoms with van der Waals surface area (Å²) in [4.78, 5) is 11.5. The Balaban J connectivity index is 1.92. The Labute approximate surface area is 151 Å². The van der Waals surface area contributed by atoms with E-state index in [1.54, 1.807) is 18.2 Å². The van der Waals surface area contributed by atoms with Crippen molar-refractivity contribution in [3.8, 4) is 5.75 Å². The van der Waals surface area contributed by atoms with E-state index in [9.17, 15) is 13.2 Å². The molecule has 0 aliphatic carbocycles. The van der Waals surface area contributed by atoms with E-state index in [0.29, 0.717) is 17.0 Å². The summed E-state index contributed by atoms with van der Waals surface area (Å²) in [6, 6.07) is 14.4. The predicted octanol–water partition coefficient (Wildman–Crippen LogP) is 1.72. The minimum atomic E-state index is -3.39. The normalized spacial score (nSPS) is 14.7. The molecule has 0 saturated heterocycles. The second kappa shape index (κ2) is 7.27. The van der Waals surface area contributed by atoms with Crippen molar-refractivity contribution in [2.45, 2.75) is 5.92 Å². The molecule has 1 aliphatic heterocycles. The highest BCUT2D eigenvalue weighted by atomic mass is 32.2. The van der Waals surface area contributed by atoms with Gasteiger partial charge in [0.1, 0.15) is 5.75 Å². The molecule has 0 saturated carbocycles. The van der Waals surface area contributed by atoms with Crippen LogP contribution in [0, 0.1) is 5.41 Å². The molecule has 0 fully saturated rings. The molecule has 8 heteroatoms. The monoisotopic (exact) mass is 373 g/mol. The topological polar surface area (TPSA) is 108 Å². The third-order valence-corrected chi connectivity index (χ3v) is 4.71. The van der Waals surface area contributed by atoms with Crippen molar-refractivity contribution in [2.75, 3.05) is 24.7 Å². The maximum Gasteiger partial charge on any atom is 0.262 e. The van der Waals surface area contributed by atoms with E-state index in [1.807, 2.05) is 30.3 Å². The first-order valence-corrected chi connectivity index (χ1v) is 9.88. The summed E-state index contributed by atoms with van der Waals surface area (Å²) in [5.74, 6) is -0.171. The Kier molecular flexibility index (Phi) is 5.06. The highest BCUT2D eigenvalue weighted by Gasteiger charge is 2.22. The highest BCUT2D eigenvalue weighted by Crippen LogP contribution is 2.30. The van der Waals surface area contributed by atoms with E-state index in [1.165, 1.54) is 0 Å². The summed E-state index contributed by atoms with van der Waals surface area (Å²) in [6.07, 6.45) is 1.09. The highest BCUT2D eigenvalue weighted by molar-refractivity contribution is 7.88. The molecule has 1 unspecified atom stereocenters. The van der Waals surface area contributed by atoms with Crippen LogP contribution in [0.15, 0.2) is 48.5 Å². The molecule has 1 heterocycles. The molecule has 1 aliphatic rings. The number of sulfonamides is 1. The first kappa shape index (κ1) is 18.1. The number of carbonyl (C=O) groups is 1. The lowest BCUT2D eigenvalue weighted by atomic mass is 9.89. The summed E-state index contributed by atoms with van der Waals surface area (Å²) in [5.41, 5.74) is 2.16. The molecule has 0 aromatic heterocycles. The fourth-order valence-corrected chi connectivity index (χ4v) is 3.23. The predicted molar refractivity (Wildman–Crippen MR) is 99.4 cm³/mol. The van der Waals surface area contributed by atoms with E-state index in [-0.39, 0.29) is 24.8 Å². The van der Waals surface area contributed by atoms with E-state index < -0.39 is 15.9 Å². The van der Waals surface area contributed by atoms with Crippen LogP contribution in [0.3, 0.4) is 0 Å². The molecule has 1 amide bonds. The van der Waals surface area contributed by atoms with E-state index in [4.69, 9.17) is 10.1 Å². The first-order valence-electron chi connectivity index (χ1n) is 7.98. The number of nitrogens with one attached hydrogen (secondary N) is 3. The van der Waals surface area contributed by atoms with E-state index in [2.05, 4.69) is 10.0 Å². The van der Waals surface area contributed by atoms with Crippen LogP contribution >= 0.6 is 0 Å². The van der Waals surface area contributed by atoms with Crippen LogP contribution in [0.1, 0.15) is 17.0 Å². The summed E-state index contributed by atoms with van der Waals surface area (Å²) in [5, 5.41) is 11.3. The van der Waals surface area contributed by atoms with E-state index >= 15 is 0 Å². The third-order valence-electron chi connectivity index (χ3n) is 4.02. The van der Waals surface area contributed by atoms with Crippen molar-refractivity contribution in [3.05, 3.63) is 59.7 Å².